The van der Waals surface area contributed by atoms with Crippen molar-refractivity contribution in [1.82, 2.24) is 20.6 Å². The van der Waals surface area contributed by atoms with Gasteiger partial charge in [0.05, 0.1) is 4.88 Å². The molecule has 11 heavy (non-hydrogen) atoms. The van der Waals surface area contributed by atoms with E-state index >= 15 is 0 Å². The van der Waals surface area contributed by atoms with Crippen molar-refractivity contribution in [2.45, 2.75) is 6.92 Å². The maximum absolute atomic E-state index is 3.88. The van der Waals surface area contributed by atoms with Crippen molar-refractivity contribution in [3.8, 4) is 10.7 Å². The number of rotatable bonds is 1. The lowest BCUT2D eigenvalue weighted by molar-refractivity contribution is 0.881. The highest BCUT2D eigenvalue weighted by Crippen LogP contribution is 2.24. The number of thiophene rings is 1. The van der Waals surface area contributed by atoms with Crippen molar-refractivity contribution < 1.29 is 0 Å². The van der Waals surface area contributed by atoms with E-state index in [0.717, 1.165) is 4.88 Å². The second-order valence-electron chi connectivity index (χ2n) is 2.17. The highest BCUT2D eigenvalue weighted by Gasteiger charge is 2.06. The first-order chi connectivity index (χ1) is 5.38. The van der Waals surface area contributed by atoms with Crippen LogP contribution < -0.4 is 0 Å². The van der Waals surface area contributed by atoms with E-state index in [1.54, 1.807) is 11.3 Å². The number of hydrogen-bond acceptors (Lipinski definition) is 4. The monoisotopic (exact) mass is 166 g/mol. The lowest BCUT2D eigenvalue weighted by Gasteiger charge is -1.87. The molecule has 0 atom stereocenters. The number of nitrogens with zero attached hydrogens (tertiary/aromatic N) is 3. The molecule has 0 aliphatic carbocycles. The van der Waals surface area contributed by atoms with E-state index in [9.17, 15) is 0 Å². The fourth-order valence-electron chi connectivity index (χ4n) is 0.860. The van der Waals surface area contributed by atoms with Gasteiger partial charge in [-0.15, -0.1) is 21.5 Å². The summed E-state index contributed by atoms with van der Waals surface area (Å²) in [6.07, 6.45) is 0. The predicted molar refractivity (Wildman–Crippen MR) is 42.2 cm³/mol. The van der Waals surface area contributed by atoms with Crippen molar-refractivity contribution in [2.24, 2.45) is 0 Å². The fraction of sp³-hybridized carbons (Fsp3) is 0.167. The van der Waals surface area contributed by atoms with Crippen LogP contribution in [0.3, 0.4) is 0 Å². The van der Waals surface area contributed by atoms with Gasteiger partial charge in [-0.05, 0) is 29.1 Å². The molecule has 56 valence electrons. The van der Waals surface area contributed by atoms with Gasteiger partial charge < -0.3 is 0 Å². The van der Waals surface area contributed by atoms with E-state index in [0.29, 0.717) is 5.82 Å². The number of aromatic amines is 1. The molecule has 5 heteroatoms. The Morgan fingerprint density at radius 1 is 1.55 bits per heavy atom. The third-order valence-electron chi connectivity index (χ3n) is 1.41. The molecule has 0 amide bonds. The lowest BCUT2D eigenvalue weighted by atomic mass is 10.3. The Morgan fingerprint density at radius 3 is 3.00 bits per heavy atom. The number of nitrogens with one attached hydrogen (secondary N) is 1. The molecule has 1 N–H and O–H groups in total. The summed E-state index contributed by atoms with van der Waals surface area (Å²) in [5.41, 5.74) is 1.19. The van der Waals surface area contributed by atoms with Gasteiger partial charge >= 0.3 is 0 Å². The summed E-state index contributed by atoms with van der Waals surface area (Å²) in [6.45, 7) is 2.03. The number of aromatic nitrogens is 4. The SMILES string of the molecule is Cc1ccsc1-c1nn[nH]n1. The average Bonchev–Trinajstić information content (AvgIpc) is 2.55. The zero-order valence-electron chi connectivity index (χ0n) is 5.90. The van der Waals surface area contributed by atoms with Crippen LogP contribution in [0, 0.1) is 6.92 Å². The highest BCUT2D eigenvalue weighted by atomic mass is 32.1. The summed E-state index contributed by atoms with van der Waals surface area (Å²) >= 11 is 1.62. The standard InChI is InChI=1S/C6H6N4S/c1-4-2-3-11-5(4)6-7-9-10-8-6/h2-3H,1H3,(H,7,8,9,10). The van der Waals surface area contributed by atoms with E-state index in [1.807, 2.05) is 18.4 Å². The third kappa shape index (κ3) is 1.03. The number of hydrogen-bond donors (Lipinski definition) is 1. The molecule has 2 rings (SSSR count). The summed E-state index contributed by atoms with van der Waals surface area (Å²) in [4.78, 5) is 1.08. The minimum absolute atomic E-state index is 0.678. The molecule has 0 saturated heterocycles. The van der Waals surface area contributed by atoms with Gasteiger partial charge in [0.1, 0.15) is 0 Å². The number of aryl methyl sites for hydroxylation is 1. The van der Waals surface area contributed by atoms with Crippen molar-refractivity contribution in [3.63, 3.8) is 0 Å². The van der Waals surface area contributed by atoms with Crippen molar-refractivity contribution in [3.05, 3.63) is 17.0 Å². The Kier molecular flexibility index (Phi) is 1.43. The Morgan fingerprint density at radius 2 is 2.45 bits per heavy atom. The number of H-pyrrole nitrogens is 1. The van der Waals surface area contributed by atoms with Gasteiger partial charge in [0.2, 0.25) is 5.82 Å². The Labute approximate surface area is 67.3 Å². The van der Waals surface area contributed by atoms with Gasteiger partial charge in [-0.2, -0.15) is 5.21 Å². The van der Waals surface area contributed by atoms with E-state index < -0.39 is 0 Å². The van der Waals surface area contributed by atoms with Gasteiger partial charge in [0.15, 0.2) is 0 Å². The molecule has 4 nitrogen and oxygen atoms in total. The van der Waals surface area contributed by atoms with Crippen LogP contribution in [-0.4, -0.2) is 20.6 Å². The van der Waals surface area contributed by atoms with Crippen LogP contribution in [0.4, 0.5) is 0 Å². The smallest absolute Gasteiger partial charge is 0.177 e. The molecule has 2 aromatic rings. The van der Waals surface area contributed by atoms with Crippen molar-refractivity contribution in [2.75, 3.05) is 0 Å². The van der Waals surface area contributed by atoms with Crippen LogP contribution in [0.5, 0.6) is 0 Å². The molecule has 0 aromatic carbocycles. The highest BCUT2D eigenvalue weighted by molar-refractivity contribution is 7.13. The number of tetrazole rings is 1. The molecular weight excluding hydrogens is 160 g/mol. The Bertz CT molecular complexity index is 337. The van der Waals surface area contributed by atoms with Gasteiger partial charge in [0.25, 0.3) is 0 Å². The predicted octanol–water partition coefficient (Wildman–Crippen LogP) is 1.24. The molecular formula is C6H6N4S. The molecule has 0 unspecified atom stereocenters. The quantitative estimate of drug-likeness (QED) is 0.693. The first-order valence-electron chi connectivity index (χ1n) is 3.16. The van der Waals surface area contributed by atoms with Crippen LogP contribution in [0.2, 0.25) is 0 Å². The van der Waals surface area contributed by atoms with Gasteiger partial charge in [-0.25, -0.2) is 0 Å². The summed E-state index contributed by atoms with van der Waals surface area (Å²) in [7, 11) is 0. The summed E-state index contributed by atoms with van der Waals surface area (Å²) in [5.74, 6) is 0.678. The summed E-state index contributed by atoms with van der Waals surface area (Å²) in [5, 5.41) is 15.7. The van der Waals surface area contributed by atoms with Crippen LogP contribution in [-0.2, 0) is 0 Å². The summed E-state index contributed by atoms with van der Waals surface area (Å²) in [6, 6.07) is 2.04. The molecule has 0 bridgehead atoms. The molecule has 0 aliphatic heterocycles. The van der Waals surface area contributed by atoms with E-state index in [4.69, 9.17) is 0 Å². The van der Waals surface area contributed by atoms with Gasteiger partial charge in [0, 0.05) is 0 Å². The lowest BCUT2D eigenvalue weighted by Crippen LogP contribution is -1.77. The molecule has 0 spiro atoms. The Hall–Kier alpha value is -1.23. The molecule has 0 fully saturated rings. The van der Waals surface area contributed by atoms with E-state index in [2.05, 4.69) is 20.6 Å². The molecule has 2 aromatic heterocycles. The minimum atomic E-state index is 0.678. The van der Waals surface area contributed by atoms with Gasteiger partial charge in [-0.1, -0.05) is 0 Å². The topological polar surface area (TPSA) is 54.5 Å². The van der Waals surface area contributed by atoms with Crippen molar-refractivity contribution in [1.29, 1.82) is 0 Å². The summed E-state index contributed by atoms with van der Waals surface area (Å²) < 4.78 is 0. The molecule has 0 aliphatic rings. The maximum atomic E-state index is 3.88. The zero-order valence-corrected chi connectivity index (χ0v) is 6.72. The first-order valence-corrected chi connectivity index (χ1v) is 4.04. The van der Waals surface area contributed by atoms with E-state index in [-0.39, 0.29) is 0 Å². The normalized spacial score (nSPS) is 10.3. The molecule has 0 saturated carbocycles. The van der Waals surface area contributed by atoms with Gasteiger partial charge in [-0.3, -0.25) is 0 Å². The molecule has 0 radical (unpaired) electrons. The van der Waals surface area contributed by atoms with Crippen LogP contribution in [0.25, 0.3) is 10.7 Å². The second kappa shape index (κ2) is 2.43. The van der Waals surface area contributed by atoms with Crippen LogP contribution >= 0.6 is 11.3 Å². The average molecular weight is 166 g/mol. The Balaban J connectivity index is 2.53. The minimum Gasteiger partial charge on any atom is -0.177 e. The third-order valence-corrected chi connectivity index (χ3v) is 2.42. The zero-order chi connectivity index (χ0) is 7.68. The molecule has 2 heterocycles. The maximum Gasteiger partial charge on any atom is 0.214 e. The largest absolute Gasteiger partial charge is 0.214 e. The van der Waals surface area contributed by atoms with Crippen LogP contribution in [0.15, 0.2) is 11.4 Å². The second-order valence-corrected chi connectivity index (χ2v) is 3.08. The fourth-order valence-corrected chi connectivity index (χ4v) is 1.71. The van der Waals surface area contributed by atoms with E-state index in [1.165, 1.54) is 5.56 Å². The van der Waals surface area contributed by atoms with Crippen molar-refractivity contribution >= 4 is 11.3 Å². The first kappa shape index (κ1) is 6.48. The van der Waals surface area contributed by atoms with Crippen LogP contribution in [0.1, 0.15) is 5.56 Å².